The molecule has 0 saturated carbocycles. The van der Waals surface area contributed by atoms with Crippen LogP contribution in [-0.4, -0.2) is 47.8 Å². The molecule has 1 aromatic heterocycles. The van der Waals surface area contributed by atoms with Crippen molar-refractivity contribution in [3.8, 4) is 0 Å². The quantitative estimate of drug-likeness (QED) is 0.492. The van der Waals surface area contributed by atoms with E-state index < -0.39 is 0 Å². The smallest absolute Gasteiger partial charge is 0.291 e. The summed E-state index contributed by atoms with van der Waals surface area (Å²) < 4.78 is 5.16. The molecule has 1 aliphatic heterocycles. The number of furan rings is 1. The predicted molar refractivity (Wildman–Crippen MR) is 128 cm³/mol. The summed E-state index contributed by atoms with van der Waals surface area (Å²) in [7, 11) is 0. The lowest BCUT2D eigenvalue weighted by Gasteiger charge is -2.35. The van der Waals surface area contributed by atoms with Crippen LogP contribution < -0.4 is 5.32 Å². The fourth-order valence-electron chi connectivity index (χ4n) is 4.32. The van der Waals surface area contributed by atoms with Crippen molar-refractivity contribution >= 4 is 28.3 Å². The second-order valence-corrected chi connectivity index (χ2v) is 8.18. The molecule has 0 aliphatic carbocycles. The number of rotatable bonds is 5. The lowest BCUT2D eigenvalue weighted by atomic mass is 10.0. The average Bonchev–Trinajstić information content (AvgIpc) is 3.40. The zero-order valence-corrected chi connectivity index (χ0v) is 18.2. The summed E-state index contributed by atoms with van der Waals surface area (Å²) in [5.74, 6) is -0.241. The Morgan fingerprint density at radius 1 is 0.818 bits per heavy atom. The summed E-state index contributed by atoms with van der Waals surface area (Å²) in [6, 6.07) is 25.2. The Labute approximate surface area is 192 Å². The van der Waals surface area contributed by atoms with Gasteiger partial charge in [0.2, 0.25) is 0 Å². The molecule has 166 valence electrons. The highest BCUT2D eigenvalue weighted by Crippen LogP contribution is 2.22. The molecule has 3 aromatic carbocycles. The molecule has 2 amide bonds. The minimum absolute atomic E-state index is 0.0739. The van der Waals surface area contributed by atoms with Crippen molar-refractivity contribution in [2.24, 2.45) is 0 Å². The largest absolute Gasteiger partial charge is 0.459 e. The molecule has 1 aliphatic rings. The monoisotopic (exact) mass is 439 g/mol. The summed E-state index contributed by atoms with van der Waals surface area (Å²) in [4.78, 5) is 29.9. The van der Waals surface area contributed by atoms with Crippen LogP contribution in [0.25, 0.3) is 10.8 Å². The molecule has 6 nitrogen and oxygen atoms in total. The van der Waals surface area contributed by atoms with Crippen LogP contribution in [0, 0.1) is 0 Å². The van der Waals surface area contributed by atoms with Crippen molar-refractivity contribution < 1.29 is 14.0 Å². The van der Waals surface area contributed by atoms with Crippen LogP contribution in [-0.2, 0) is 6.54 Å². The summed E-state index contributed by atoms with van der Waals surface area (Å²) in [5.41, 5.74) is 2.28. The van der Waals surface area contributed by atoms with Gasteiger partial charge in [-0.2, -0.15) is 0 Å². The standard InChI is InChI=1S/C27H25N3O3/c31-26(25-13-6-18-33-25)28-24-12-4-3-11-23(24)27(32)30-16-14-29(15-17-30)19-21-9-5-8-20-7-1-2-10-22(20)21/h1-13,18H,14-17,19H2,(H,28,31). The zero-order valence-electron chi connectivity index (χ0n) is 18.2. The molecule has 1 N–H and O–H groups in total. The van der Waals surface area contributed by atoms with Gasteiger partial charge in [-0.05, 0) is 40.6 Å². The number of carbonyl (C=O) groups is 2. The third kappa shape index (κ3) is 4.52. The van der Waals surface area contributed by atoms with E-state index in [4.69, 9.17) is 4.42 Å². The Morgan fingerprint density at radius 2 is 1.58 bits per heavy atom. The van der Waals surface area contributed by atoms with Gasteiger partial charge in [0.05, 0.1) is 17.5 Å². The lowest BCUT2D eigenvalue weighted by molar-refractivity contribution is 0.0630. The Morgan fingerprint density at radius 3 is 2.39 bits per heavy atom. The molecule has 0 unspecified atom stereocenters. The number of piperazine rings is 1. The maximum atomic E-state index is 13.3. The maximum absolute atomic E-state index is 13.3. The molecule has 0 spiro atoms. The number of hydrogen-bond acceptors (Lipinski definition) is 4. The molecule has 0 atom stereocenters. The van der Waals surface area contributed by atoms with Gasteiger partial charge < -0.3 is 14.6 Å². The van der Waals surface area contributed by atoms with Crippen molar-refractivity contribution in [3.05, 3.63) is 102 Å². The summed E-state index contributed by atoms with van der Waals surface area (Å²) in [6.07, 6.45) is 1.45. The first-order valence-corrected chi connectivity index (χ1v) is 11.1. The SMILES string of the molecule is O=C(Nc1ccccc1C(=O)N1CCN(Cc2cccc3ccccc23)CC1)c1ccco1. The van der Waals surface area contributed by atoms with Crippen LogP contribution >= 0.6 is 0 Å². The van der Waals surface area contributed by atoms with Crippen molar-refractivity contribution in [2.75, 3.05) is 31.5 Å². The number of hydrogen-bond donors (Lipinski definition) is 1. The Hall–Kier alpha value is -3.90. The van der Waals surface area contributed by atoms with E-state index in [1.807, 2.05) is 11.0 Å². The van der Waals surface area contributed by atoms with Crippen molar-refractivity contribution in [2.45, 2.75) is 6.54 Å². The van der Waals surface area contributed by atoms with Crippen LogP contribution in [0.3, 0.4) is 0 Å². The minimum atomic E-state index is -0.375. The van der Waals surface area contributed by atoms with Crippen molar-refractivity contribution in [1.82, 2.24) is 9.80 Å². The highest BCUT2D eigenvalue weighted by molar-refractivity contribution is 6.07. The molecule has 0 radical (unpaired) electrons. The van der Waals surface area contributed by atoms with Crippen LogP contribution in [0.4, 0.5) is 5.69 Å². The predicted octanol–water partition coefficient (Wildman–Crippen LogP) is 4.64. The fraction of sp³-hybridized carbons (Fsp3) is 0.185. The van der Waals surface area contributed by atoms with E-state index in [0.29, 0.717) is 24.3 Å². The van der Waals surface area contributed by atoms with Gasteiger partial charge in [0.25, 0.3) is 11.8 Å². The molecule has 33 heavy (non-hydrogen) atoms. The number of para-hydroxylation sites is 1. The average molecular weight is 440 g/mol. The van der Waals surface area contributed by atoms with E-state index >= 15 is 0 Å². The molecule has 4 aromatic rings. The first-order chi connectivity index (χ1) is 16.2. The molecular formula is C27H25N3O3. The highest BCUT2D eigenvalue weighted by Gasteiger charge is 2.25. The summed E-state index contributed by atoms with van der Waals surface area (Å²) in [5, 5.41) is 5.33. The number of nitrogens with one attached hydrogen (secondary N) is 1. The van der Waals surface area contributed by atoms with Crippen LogP contribution in [0.15, 0.2) is 89.5 Å². The Bertz CT molecular complexity index is 1270. The molecule has 2 heterocycles. The van der Waals surface area contributed by atoms with Gasteiger partial charge in [-0.25, -0.2) is 0 Å². The van der Waals surface area contributed by atoms with Gasteiger partial charge in [-0.3, -0.25) is 14.5 Å². The van der Waals surface area contributed by atoms with Gasteiger partial charge in [0.15, 0.2) is 5.76 Å². The fourth-order valence-corrected chi connectivity index (χ4v) is 4.32. The number of amides is 2. The number of carbonyl (C=O) groups excluding carboxylic acids is 2. The van der Waals surface area contributed by atoms with E-state index in [9.17, 15) is 9.59 Å². The molecule has 1 saturated heterocycles. The second-order valence-electron chi connectivity index (χ2n) is 8.18. The number of anilines is 1. The van der Waals surface area contributed by atoms with Crippen LogP contribution in [0.2, 0.25) is 0 Å². The van der Waals surface area contributed by atoms with Crippen LogP contribution in [0.1, 0.15) is 26.5 Å². The van der Waals surface area contributed by atoms with Crippen LogP contribution in [0.5, 0.6) is 0 Å². The second kappa shape index (κ2) is 9.30. The summed E-state index contributed by atoms with van der Waals surface area (Å²) in [6.45, 7) is 3.75. The third-order valence-corrected chi connectivity index (χ3v) is 6.08. The number of benzene rings is 3. The molecule has 1 fully saturated rings. The van der Waals surface area contributed by atoms with E-state index in [1.54, 1.807) is 30.3 Å². The minimum Gasteiger partial charge on any atom is -0.459 e. The third-order valence-electron chi connectivity index (χ3n) is 6.08. The van der Waals surface area contributed by atoms with Gasteiger partial charge in [-0.1, -0.05) is 54.6 Å². The topological polar surface area (TPSA) is 65.8 Å². The highest BCUT2D eigenvalue weighted by atomic mass is 16.3. The maximum Gasteiger partial charge on any atom is 0.291 e. The first-order valence-electron chi connectivity index (χ1n) is 11.1. The number of nitrogens with zero attached hydrogens (tertiary/aromatic N) is 2. The molecule has 0 bridgehead atoms. The molecular weight excluding hydrogens is 414 g/mol. The van der Waals surface area contributed by atoms with E-state index in [1.165, 1.54) is 22.6 Å². The first kappa shape index (κ1) is 21.0. The Balaban J connectivity index is 1.24. The van der Waals surface area contributed by atoms with Gasteiger partial charge in [0, 0.05) is 32.7 Å². The van der Waals surface area contributed by atoms with Crippen molar-refractivity contribution in [3.63, 3.8) is 0 Å². The van der Waals surface area contributed by atoms with E-state index in [2.05, 4.69) is 52.7 Å². The van der Waals surface area contributed by atoms with Gasteiger partial charge in [0.1, 0.15) is 0 Å². The van der Waals surface area contributed by atoms with Crippen molar-refractivity contribution in [1.29, 1.82) is 0 Å². The Kier molecular flexibility index (Phi) is 5.91. The van der Waals surface area contributed by atoms with E-state index in [0.717, 1.165) is 19.6 Å². The zero-order chi connectivity index (χ0) is 22.6. The number of fused-ring (bicyclic) bond motifs is 1. The lowest BCUT2D eigenvalue weighted by Crippen LogP contribution is -2.48. The van der Waals surface area contributed by atoms with Gasteiger partial charge in [-0.15, -0.1) is 0 Å². The van der Waals surface area contributed by atoms with Gasteiger partial charge >= 0.3 is 0 Å². The molecule has 5 rings (SSSR count). The summed E-state index contributed by atoms with van der Waals surface area (Å²) >= 11 is 0. The normalized spacial score (nSPS) is 14.4. The molecule has 6 heteroatoms. The van der Waals surface area contributed by atoms with E-state index in [-0.39, 0.29) is 17.6 Å².